The van der Waals surface area contributed by atoms with E-state index in [2.05, 4.69) is 9.72 Å². The van der Waals surface area contributed by atoms with Crippen LogP contribution >= 0.6 is 0 Å². The number of esters is 1. The number of carboxylic acids is 1. The summed E-state index contributed by atoms with van der Waals surface area (Å²) >= 11 is 0. The summed E-state index contributed by atoms with van der Waals surface area (Å²) in [5.41, 5.74) is 0.435. The minimum atomic E-state index is -1.04. The van der Waals surface area contributed by atoms with E-state index in [9.17, 15) is 9.59 Å². The number of hydrogen-bond donors (Lipinski definition) is 1. The van der Waals surface area contributed by atoms with E-state index >= 15 is 0 Å². The van der Waals surface area contributed by atoms with E-state index in [1.165, 1.54) is 18.6 Å². The molecule has 2 aromatic rings. The normalized spacial score (nSPS) is 10.4. The Kier molecular flexibility index (Phi) is 3.37. The van der Waals surface area contributed by atoms with Crippen molar-refractivity contribution < 1.29 is 24.2 Å². The van der Waals surface area contributed by atoms with Crippen molar-refractivity contribution in [3.8, 4) is 5.75 Å². The Balaban J connectivity index is 2.73. The Labute approximate surface area is 108 Å². The second kappa shape index (κ2) is 4.97. The first kappa shape index (κ1) is 12.9. The third-order valence-corrected chi connectivity index (χ3v) is 2.61. The monoisotopic (exact) mass is 264 g/mol. The van der Waals surface area contributed by atoms with Crippen molar-refractivity contribution in [1.29, 1.82) is 0 Å². The summed E-state index contributed by atoms with van der Waals surface area (Å²) in [5, 5.41) is 8.86. The zero-order valence-corrected chi connectivity index (χ0v) is 10.4. The van der Waals surface area contributed by atoms with Gasteiger partial charge in [0.05, 0.1) is 14.2 Å². The molecule has 2 aromatic heterocycles. The van der Waals surface area contributed by atoms with Gasteiger partial charge in [0.1, 0.15) is 23.5 Å². The average molecular weight is 264 g/mol. The average Bonchev–Trinajstić information content (AvgIpc) is 2.76. The van der Waals surface area contributed by atoms with Gasteiger partial charge in [-0.1, -0.05) is 0 Å². The van der Waals surface area contributed by atoms with Crippen LogP contribution in [0.5, 0.6) is 5.75 Å². The van der Waals surface area contributed by atoms with E-state index in [0.717, 1.165) is 0 Å². The lowest BCUT2D eigenvalue weighted by atomic mass is 10.3. The summed E-state index contributed by atoms with van der Waals surface area (Å²) < 4.78 is 11.3. The van der Waals surface area contributed by atoms with Gasteiger partial charge in [-0.25, -0.2) is 9.78 Å². The van der Waals surface area contributed by atoms with Gasteiger partial charge in [-0.3, -0.25) is 9.20 Å². The summed E-state index contributed by atoms with van der Waals surface area (Å²) in [4.78, 5) is 26.5. The van der Waals surface area contributed by atoms with Gasteiger partial charge >= 0.3 is 11.9 Å². The van der Waals surface area contributed by atoms with E-state index < -0.39 is 11.9 Å². The number of fused-ring (bicyclic) bond motifs is 1. The van der Waals surface area contributed by atoms with Crippen LogP contribution in [-0.2, 0) is 16.0 Å². The SMILES string of the molecule is COC(=O)c1nc(CC(=O)O)n2cccc(OC)c12. The molecule has 0 aliphatic heterocycles. The van der Waals surface area contributed by atoms with Crippen LogP contribution in [0.2, 0.25) is 0 Å². The van der Waals surface area contributed by atoms with Crippen LogP contribution in [0.4, 0.5) is 0 Å². The van der Waals surface area contributed by atoms with Crippen molar-refractivity contribution in [2.45, 2.75) is 6.42 Å². The molecular formula is C12H12N2O5. The van der Waals surface area contributed by atoms with Crippen LogP contribution in [0.15, 0.2) is 18.3 Å². The van der Waals surface area contributed by atoms with Gasteiger partial charge in [-0.15, -0.1) is 0 Å². The van der Waals surface area contributed by atoms with Crippen molar-refractivity contribution in [2.75, 3.05) is 14.2 Å². The van der Waals surface area contributed by atoms with Crippen molar-refractivity contribution in [3.05, 3.63) is 29.8 Å². The summed E-state index contributed by atoms with van der Waals surface area (Å²) in [7, 11) is 2.69. The smallest absolute Gasteiger partial charge is 0.359 e. The van der Waals surface area contributed by atoms with Crippen LogP contribution in [0.25, 0.3) is 5.52 Å². The first-order valence-electron chi connectivity index (χ1n) is 5.42. The fourth-order valence-electron chi connectivity index (χ4n) is 1.83. The molecule has 2 heterocycles. The highest BCUT2D eigenvalue weighted by Gasteiger charge is 2.22. The van der Waals surface area contributed by atoms with Gasteiger partial charge in [0.2, 0.25) is 0 Å². The Morgan fingerprint density at radius 2 is 2.16 bits per heavy atom. The maximum absolute atomic E-state index is 11.7. The Hall–Kier alpha value is -2.57. The summed E-state index contributed by atoms with van der Waals surface area (Å²) in [6.45, 7) is 0. The number of methoxy groups -OCH3 is 2. The first-order chi connectivity index (χ1) is 9.08. The maximum atomic E-state index is 11.7. The van der Waals surface area contributed by atoms with E-state index in [1.807, 2.05) is 0 Å². The highest BCUT2D eigenvalue weighted by molar-refractivity contribution is 5.97. The Morgan fingerprint density at radius 1 is 1.42 bits per heavy atom. The Morgan fingerprint density at radius 3 is 2.74 bits per heavy atom. The molecule has 0 spiro atoms. The number of aromatic nitrogens is 2. The fourth-order valence-corrected chi connectivity index (χ4v) is 1.83. The lowest BCUT2D eigenvalue weighted by Crippen LogP contribution is -2.05. The molecule has 0 radical (unpaired) electrons. The molecule has 0 fully saturated rings. The number of carboxylic acid groups (broad SMARTS) is 1. The lowest BCUT2D eigenvalue weighted by molar-refractivity contribution is -0.136. The second-order valence-electron chi connectivity index (χ2n) is 3.73. The lowest BCUT2D eigenvalue weighted by Gasteiger charge is -2.04. The number of ether oxygens (including phenoxy) is 2. The molecule has 7 heteroatoms. The molecule has 2 rings (SSSR count). The molecule has 0 bridgehead atoms. The molecule has 0 aliphatic carbocycles. The second-order valence-corrected chi connectivity index (χ2v) is 3.73. The van der Waals surface area contributed by atoms with Gasteiger partial charge in [0, 0.05) is 6.20 Å². The number of pyridine rings is 1. The number of aliphatic carboxylic acids is 1. The molecule has 0 unspecified atom stereocenters. The third-order valence-electron chi connectivity index (χ3n) is 2.61. The predicted octanol–water partition coefficient (Wildman–Crippen LogP) is 0.757. The minimum absolute atomic E-state index is 0.0381. The van der Waals surface area contributed by atoms with E-state index in [-0.39, 0.29) is 17.9 Å². The first-order valence-corrected chi connectivity index (χ1v) is 5.42. The van der Waals surface area contributed by atoms with Gasteiger partial charge in [-0.05, 0) is 12.1 Å². The highest BCUT2D eigenvalue weighted by Crippen LogP contribution is 2.25. The molecule has 0 amide bonds. The molecule has 0 atom stereocenters. The molecule has 0 aromatic carbocycles. The number of carbonyl (C=O) groups is 2. The standard InChI is InChI=1S/C12H12N2O5/c1-18-7-4-3-5-14-8(6-9(15)16)13-10(11(7)14)12(17)19-2/h3-5H,6H2,1-2H3,(H,15,16). The largest absolute Gasteiger partial charge is 0.494 e. The number of nitrogens with zero attached hydrogens (tertiary/aromatic N) is 2. The van der Waals surface area contributed by atoms with Gasteiger partial charge < -0.3 is 14.6 Å². The molecule has 100 valence electrons. The molecular weight excluding hydrogens is 252 g/mol. The predicted molar refractivity (Wildman–Crippen MR) is 64.4 cm³/mol. The van der Waals surface area contributed by atoms with Crippen LogP contribution in [0.1, 0.15) is 16.3 Å². The Bertz CT molecular complexity index is 647. The highest BCUT2D eigenvalue weighted by atomic mass is 16.5. The van der Waals surface area contributed by atoms with E-state index in [1.54, 1.807) is 18.3 Å². The number of hydrogen-bond acceptors (Lipinski definition) is 5. The number of carbonyl (C=O) groups excluding carboxylic acids is 1. The maximum Gasteiger partial charge on any atom is 0.359 e. The van der Waals surface area contributed by atoms with Gasteiger partial charge in [0.25, 0.3) is 0 Å². The zero-order valence-electron chi connectivity index (χ0n) is 10.4. The van der Waals surface area contributed by atoms with Crippen LogP contribution in [-0.4, -0.2) is 40.6 Å². The van der Waals surface area contributed by atoms with Crippen molar-refractivity contribution in [3.63, 3.8) is 0 Å². The molecule has 19 heavy (non-hydrogen) atoms. The molecule has 0 aliphatic rings. The molecule has 0 saturated carbocycles. The topological polar surface area (TPSA) is 90.1 Å². The van der Waals surface area contributed by atoms with Crippen LogP contribution in [0.3, 0.4) is 0 Å². The fraction of sp³-hybridized carbons (Fsp3) is 0.250. The molecule has 0 saturated heterocycles. The zero-order chi connectivity index (χ0) is 14.0. The van der Waals surface area contributed by atoms with Gasteiger partial charge in [0.15, 0.2) is 5.69 Å². The summed E-state index contributed by atoms with van der Waals surface area (Å²) in [5.74, 6) is -1.02. The van der Waals surface area contributed by atoms with Crippen LogP contribution in [0, 0.1) is 0 Å². The third kappa shape index (κ3) is 2.22. The van der Waals surface area contributed by atoms with Crippen LogP contribution < -0.4 is 4.74 Å². The molecule has 7 nitrogen and oxygen atoms in total. The van der Waals surface area contributed by atoms with Crippen molar-refractivity contribution in [1.82, 2.24) is 9.38 Å². The number of rotatable bonds is 4. The summed E-state index contributed by atoms with van der Waals surface area (Å²) in [6, 6.07) is 3.34. The minimum Gasteiger partial charge on any atom is -0.494 e. The summed E-state index contributed by atoms with van der Waals surface area (Å²) in [6.07, 6.45) is 1.32. The van der Waals surface area contributed by atoms with Crippen molar-refractivity contribution >= 4 is 17.5 Å². The van der Waals surface area contributed by atoms with Crippen molar-refractivity contribution in [2.24, 2.45) is 0 Å². The molecule has 1 N–H and O–H groups in total. The van der Waals surface area contributed by atoms with E-state index in [0.29, 0.717) is 11.3 Å². The number of imidazole rings is 1. The van der Waals surface area contributed by atoms with E-state index in [4.69, 9.17) is 9.84 Å². The van der Waals surface area contributed by atoms with Gasteiger partial charge in [-0.2, -0.15) is 0 Å². The quantitative estimate of drug-likeness (QED) is 0.820.